The molecule has 0 fully saturated rings. The molecule has 3 aromatic rings. The summed E-state index contributed by atoms with van der Waals surface area (Å²) in [6.45, 7) is 0. The summed E-state index contributed by atoms with van der Waals surface area (Å²) in [6.07, 6.45) is 1.19. The fourth-order valence-corrected chi connectivity index (χ4v) is 1.71. The first-order valence-electron chi connectivity index (χ1n) is 5.54. The Bertz CT molecular complexity index is 738. The zero-order valence-corrected chi connectivity index (χ0v) is 9.70. The highest BCUT2D eigenvalue weighted by molar-refractivity contribution is 5.76. The summed E-state index contributed by atoms with van der Waals surface area (Å²) in [4.78, 5) is 21.3. The highest BCUT2D eigenvalue weighted by atomic mass is 16.6. The molecule has 0 bridgehead atoms. The molecule has 0 aliphatic rings. The summed E-state index contributed by atoms with van der Waals surface area (Å²) < 4.78 is 0. The molecule has 0 spiro atoms. The van der Waals surface area contributed by atoms with E-state index in [0.717, 1.165) is 5.69 Å². The fourth-order valence-electron chi connectivity index (χ4n) is 1.71. The first-order chi connectivity index (χ1) is 9.22. The third-order valence-electron chi connectivity index (χ3n) is 2.57. The summed E-state index contributed by atoms with van der Waals surface area (Å²) in [5.41, 5.74) is 1.76. The van der Waals surface area contributed by atoms with Crippen molar-refractivity contribution >= 4 is 28.5 Å². The lowest BCUT2D eigenvalue weighted by atomic mass is 10.3. The molecule has 0 radical (unpaired) electrons. The molecule has 19 heavy (non-hydrogen) atoms. The molecule has 0 aliphatic heterocycles. The van der Waals surface area contributed by atoms with Gasteiger partial charge in [-0.3, -0.25) is 10.1 Å². The average Bonchev–Trinajstić information content (AvgIpc) is 2.80. The summed E-state index contributed by atoms with van der Waals surface area (Å²) in [7, 11) is 0. The van der Waals surface area contributed by atoms with E-state index in [1.54, 1.807) is 0 Å². The topological polar surface area (TPSA) is 96.7 Å². The highest BCUT2D eigenvalue weighted by Gasteiger charge is 2.10. The number of H-pyrrole nitrogens is 1. The van der Waals surface area contributed by atoms with Gasteiger partial charge in [-0.1, -0.05) is 18.2 Å². The van der Waals surface area contributed by atoms with E-state index >= 15 is 0 Å². The predicted octanol–water partition coefficient (Wildman–Crippen LogP) is 2.61. The molecule has 1 aromatic carbocycles. The number of benzene rings is 1. The van der Waals surface area contributed by atoms with Gasteiger partial charge < -0.3 is 10.3 Å². The van der Waals surface area contributed by atoms with Crippen molar-refractivity contribution in [3.8, 4) is 0 Å². The Labute approximate surface area is 107 Å². The number of aromatic nitrogens is 3. The second-order valence-corrected chi connectivity index (χ2v) is 3.90. The van der Waals surface area contributed by atoms with Crippen LogP contribution < -0.4 is 5.32 Å². The average molecular weight is 255 g/mol. The number of anilines is 2. The lowest BCUT2D eigenvalue weighted by Gasteiger charge is -2.00. The number of pyridine rings is 1. The van der Waals surface area contributed by atoms with Gasteiger partial charge in [-0.15, -0.1) is 0 Å². The molecule has 0 saturated heterocycles. The fraction of sp³-hybridized carbons (Fsp3) is 0. The van der Waals surface area contributed by atoms with Crippen molar-refractivity contribution in [2.75, 3.05) is 5.32 Å². The van der Waals surface area contributed by atoms with Crippen LogP contribution in [0, 0.1) is 10.1 Å². The van der Waals surface area contributed by atoms with Gasteiger partial charge in [0.1, 0.15) is 6.20 Å². The largest absolute Gasteiger partial charge is 0.326 e. The summed E-state index contributed by atoms with van der Waals surface area (Å²) in [5, 5.41) is 13.7. The van der Waals surface area contributed by atoms with E-state index in [-0.39, 0.29) is 5.69 Å². The Kier molecular flexibility index (Phi) is 2.57. The van der Waals surface area contributed by atoms with Gasteiger partial charge >= 0.3 is 0 Å². The van der Waals surface area contributed by atoms with Gasteiger partial charge in [-0.2, -0.15) is 4.98 Å². The molecule has 0 saturated carbocycles. The quantitative estimate of drug-likeness (QED) is 0.553. The minimum atomic E-state index is -0.489. The molecule has 2 N–H and O–H groups in total. The normalized spacial score (nSPS) is 10.5. The molecule has 0 unspecified atom stereocenters. The number of nitro groups is 1. The van der Waals surface area contributed by atoms with E-state index in [0.29, 0.717) is 17.1 Å². The maximum atomic E-state index is 10.7. The van der Waals surface area contributed by atoms with E-state index in [9.17, 15) is 10.1 Å². The van der Waals surface area contributed by atoms with Gasteiger partial charge in [0.05, 0.1) is 10.4 Å². The van der Waals surface area contributed by atoms with Crippen LogP contribution in [0.5, 0.6) is 0 Å². The lowest BCUT2D eigenvalue weighted by Crippen LogP contribution is -1.91. The number of fused-ring (bicyclic) bond motifs is 1. The van der Waals surface area contributed by atoms with Crippen molar-refractivity contribution < 1.29 is 4.92 Å². The van der Waals surface area contributed by atoms with Crippen LogP contribution in [-0.4, -0.2) is 19.9 Å². The van der Waals surface area contributed by atoms with E-state index in [2.05, 4.69) is 20.3 Å². The molecular formula is C12H9N5O2. The van der Waals surface area contributed by atoms with Gasteiger partial charge in [0.15, 0.2) is 5.65 Å². The van der Waals surface area contributed by atoms with Crippen LogP contribution in [0.3, 0.4) is 0 Å². The van der Waals surface area contributed by atoms with Crippen molar-refractivity contribution in [2.45, 2.75) is 0 Å². The van der Waals surface area contributed by atoms with Crippen LogP contribution in [0.25, 0.3) is 11.2 Å². The third kappa shape index (κ3) is 2.21. The maximum Gasteiger partial charge on any atom is 0.289 e. The second kappa shape index (κ2) is 4.37. The molecule has 2 aromatic heterocycles. The molecule has 7 heteroatoms. The zero-order valence-electron chi connectivity index (χ0n) is 9.70. The second-order valence-electron chi connectivity index (χ2n) is 3.90. The van der Waals surface area contributed by atoms with Crippen LogP contribution in [0.2, 0.25) is 0 Å². The Morgan fingerprint density at radius 1 is 1.26 bits per heavy atom. The van der Waals surface area contributed by atoms with Crippen molar-refractivity contribution in [3.63, 3.8) is 0 Å². The molecule has 94 valence electrons. The Morgan fingerprint density at radius 2 is 2.05 bits per heavy atom. The number of aromatic amines is 1. The van der Waals surface area contributed by atoms with Crippen LogP contribution in [0.1, 0.15) is 0 Å². The van der Waals surface area contributed by atoms with Crippen LogP contribution in [0.15, 0.2) is 42.6 Å². The standard InChI is InChI=1S/C12H9N5O2/c18-17(19)9-6-10-11(13-7-9)16-12(15-10)14-8-4-2-1-3-5-8/h1-7H,(H2,13,14,15,16). The van der Waals surface area contributed by atoms with Crippen LogP contribution in [-0.2, 0) is 0 Å². The van der Waals surface area contributed by atoms with Crippen LogP contribution >= 0.6 is 0 Å². The Morgan fingerprint density at radius 3 is 2.79 bits per heavy atom. The highest BCUT2D eigenvalue weighted by Crippen LogP contribution is 2.20. The first-order valence-corrected chi connectivity index (χ1v) is 5.54. The van der Waals surface area contributed by atoms with Gasteiger partial charge in [0.25, 0.3) is 5.69 Å². The molecule has 3 rings (SSSR count). The molecule has 0 amide bonds. The minimum Gasteiger partial charge on any atom is -0.326 e. The van der Waals surface area contributed by atoms with Crippen molar-refractivity contribution in [3.05, 3.63) is 52.7 Å². The van der Waals surface area contributed by atoms with E-state index < -0.39 is 4.92 Å². The molecule has 2 heterocycles. The smallest absolute Gasteiger partial charge is 0.289 e. The Hall–Kier alpha value is -2.96. The SMILES string of the molecule is O=[N+]([O-])c1cnc2nc(Nc3ccccc3)[nH]c2c1. The molecule has 7 nitrogen and oxygen atoms in total. The molecule has 0 atom stereocenters. The van der Waals surface area contributed by atoms with Crippen molar-refractivity contribution in [2.24, 2.45) is 0 Å². The molecular weight excluding hydrogens is 246 g/mol. The van der Waals surface area contributed by atoms with Crippen LogP contribution in [0.4, 0.5) is 17.3 Å². The lowest BCUT2D eigenvalue weighted by molar-refractivity contribution is -0.385. The zero-order chi connectivity index (χ0) is 13.2. The summed E-state index contributed by atoms with van der Waals surface area (Å²) in [5.74, 6) is 0.495. The number of nitrogens with zero attached hydrogens (tertiary/aromatic N) is 3. The number of rotatable bonds is 3. The monoisotopic (exact) mass is 255 g/mol. The van der Waals surface area contributed by atoms with Gasteiger partial charge in [0.2, 0.25) is 5.95 Å². The predicted molar refractivity (Wildman–Crippen MR) is 70.3 cm³/mol. The number of nitrogens with one attached hydrogen (secondary N) is 2. The van der Waals surface area contributed by atoms with E-state index in [1.165, 1.54) is 12.3 Å². The number of para-hydroxylation sites is 1. The number of imidazole rings is 1. The van der Waals surface area contributed by atoms with Crippen molar-refractivity contribution in [1.82, 2.24) is 15.0 Å². The van der Waals surface area contributed by atoms with Crippen molar-refractivity contribution in [1.29, 1.82) is 0 Å². The first kappa shape index (κ1) is 11.1. The molecule has 0 aliphatic carbocycles. The summed E-state index contributed by atoms with van der Waals surface area (Å²) in [6, 6.07) is 10.9. The van der Waals surface area contributed by atoms with Gasteiger partial charge in [-0.25, -0.2) is 4.98 Å². The summed E-state index contributed by atoms with van der Waals surface area (Å²) >= 11 is 0. The Balaban J connectivity index is 1.95. The van der Waals surface area contributed by atoms with E-state index in [4.69, 9.17) is 0 Å². The number of hydrogen-bond acceptors (Lipinski definition) is 5. The minimum absolute atomic E-state index is 0.0672. The van der Waals surface area contributed by atoms with E-state index in [1.807, 2.05) is 30.3 Å². The van der Waals surface area contributed by atoms with Gasteiger partial charge in [0, 0.05) is 11.8 Å². The maximum absolute atomic E-state index is 10.7. The number of hydrogen-bond donors (Lipinski definition) is 2. The van der Waals surface area contributed by atoms with Gasteiger partial charge in [-0.05, 0) is 12.1 Å². The third-order valence-corrected chi connectivity index (χ3v) is 2.57.